The lowest BCUT2D eigenvalue weighted by Crippen LogP contribution is -2.47. The maximum absolute atomic E-state index is 11.8. The minimum Gasteiger partial charge on any atom is -0.339 e. The van der Waals surface area contributed by atoms with Crippen LogP contribution in [-0.2, 0) is 11.3 Å². The molecule has 0 aliphatic carbocycles. The van der Waals surface area contributed by atoms with Crippen molar-refractivity contribution in [2.45, 2.75) is 71.0 Å². The lowest BCUT2D eigenvalue weighted by Gasteiger charge is -2.34. The molecule has 2 atom stereocenters. The molecule has 6 nitrogen and oxygen atoms in total. The monoisotopic (exact) mass is 306 g/mol. The molecule has 0 bridgehead atoms. The highest BCUT2D eigenvalue weighted by molar-refractivity contribution is 5.74. The molecule has 3 rings (SSSR count). The lowest BCUT2D eigenvalue weighted by molar-refractivity contribution is -0.130. The molecule has 1 amide bonds. The second-order valence-electron chi connectivity index (χ2n) is 6.81. The molecule has 2 fully saturated rings. The second-order valence-corrected chi connectivity index (χ2v) is 6.81. The normalized spacial score (nSPS) is 26.3. The Morgan fingerprint density at radius 1 is 1.27 bits per heavy atom. The van der Waals surface area contributed by atoms with Gasteiger partial charge < -0.3 is 9.42 Å². The Bertz CT molecular complexity index is 528. The van der Waals surface area contributed by atoms with Crippen molar-refractivity contribution >= 4 is 5.91 Å². The van der Waals surface area contributed by atoms with Gasteiger partial charge in [-0.2, -0.15) is 4.98 Å². The number of carbonyl (C=O) groups excluding carboxylic acids is 1. The van der Waals surface area contributed by atoms with Crippen LogP contribution in [-0.4, -0.2) is 51.0 Å². The van der Waals surface area contributed by atoms with E-state index in [1.165, 1.54) is 6.42 Å². The van der Waals surface area contributed by atoms with Crippen molar-refractivity contribution < 1.29 is 9.32 Å². The van der Waals surface area contributed by atoms with Crippen LogP contribution in [0.2, 0.25) is 0 Å². The molecule has 1 aromatic rings. The molecule has 1 aromatic heterocycles. The van der Waals surface area contributed by atoms with E-state index in [4.69, 9.17) is 4.52 Å². The first kappa shape index (κ1) is 15.5. The zero-order chi connectivity index (χ0) is 15.7. The van der Waals surface area contributed by atoms with Crippen LogP contribution >= 0.6 is 0 Å². The van der Waals surface area contributed by atoms with Gasteiger partial charge in [0.2, 0.25) is 11.8 Å². The maximum atomic E-state index is 11.8. The number of hydrogen-bond acceptors (Lipinski definition) is 5. The highest BCUT2D eigenvalue weighted by atomic mass is 16.5. The van der Waals surface area contributed by atoms with E-state index >= 15 is 0 Å². The van der Waals surface area contributed by atoms with Crippen LogP contribution in [0.5, 0.6) is 0 Å². The second kappa shape index (κ2) is 6.36. The molecule has 0 spiro atoms. The van der Waals surface area contributed by atoms with Gasteiger partial charge in [0.15, 0.2) is 5.82 Å². The molecular formula is C16H26N4O2. The number of carbonyl (C=O) groups is 1. The summed E-state index contributed by atoms with van der Waals surface area (Å²) in [7, 11) is 0. The quantitative estimate of drug-likeness (QED) is 0.853. The van der Waals surface area contributed by atoms with E-state index in [2.05, 4.69) is 33.8 Å². The summed E-state index contributed by atoms with van der Waals surface area (Å²) in [4.78, 5) is 20.8. The fourth-order valence-electron chi connectivity index (χ4n) is 3.82. The molecule has 6 heteroatoms. The van der Waals surface area contributed by atoms with E-state index in [0.717, 1.165) is 44.7 Å². The first-order chi connectivity index (χ1) is 10.6. The summed E-state index contributed by atoms with van der Waals surface area (Å²) in [6, 6.07) is 0.795. The molecule has 0 unspecified atom stereocenters. The van der Waals surface area contributed by atoms with Crippen molar-refractivity contribution in [2.24, 2.45) is 0 Å². The minimum atomic E-state index is 0.205. The fourth-order valence-corrected chi connectivity index (χ4v) is 3.82. The van der Waals surface area contributed by atoms with Crippen molar-refractivity contribution in [1.29, 1.82) is 0 Å². The summed E-state index contributed by atoms with van der Waals surface area (Å²) in [5.74, 6) is 1.94. The molecule has 2 saturated heterocycles. The average Bonchev–Trinajstić information content (AvgIpc) is 3.17. The van der Waals surface area contributed by atoms with Gasteiger partial charge in [0.05, 0.1) is 6.54 Å². The van der Waals surface area contributed by atoms with Gasteiger partial charge in [-0.25, -0.2) is 0 Å². The third-order valence-corrected chi connectivity index (χ3v) is 4.88. The van der Waals surface area contributed by atoms with E-state index in [0.29, 0.717) is 18.0 Å². The number of nitrogens with zero attached hydrogens (tertiary/aromatic N) is 4. The van der Waals surface area contributed by atoms with E-state index < -0.39 is 0 Å². The Morgan fingerprint density at radius 3 is 2.68 bits per heavy atom. The average molecular weight is 306 g/mol. The smallest absolute Gasteiger partial charge is 0.229 e. The van der Waals surface area contributed by atoms with Crippen LogP contribution in [0.25, 0.3) is 0 Å². The van der Waals surface area contributed by atoms with Crippen LogP contribution in [0.3, 0.4) is 0 Å². The van der Waals surface area contributed by atoms with Gasteiger partial charge in [-0.1, -0.05) is 19.0 Å². The van der Waals surface area contributed by atoms with Crippen molar-refractivity contribution in [2.75, 3.05) is 13.1 Å². The van der Waals surface area contributed by atoms with Gasteiger partial charge in [-0.05, 0) is 32.2 Å². The van der Waals surface area contributed by atoms with Gasteiger partial charge in [0.1, 0.15) is 0 Å². The van der Waals surface area contributed by atoms with Crippen LogP contribution in [0.15, 0.2) is 4.52 Å². The summed E-state index contributed by atoms with van der Waals surface area (Å²) in [6.45, 7) is 8.48. The van der Waals surface area contributed by atoms with Gasteiger partial charge in [0.25, 0.3) is 0 Å². The Balaban J connectivity index is 1.68. The molecule has 122 valence electrons. The number of hydrogen-bond donors (Lipinski definition) is 0. The first-order valence-corrected chi connectivity index (χ1v) is 8.40. The number of likely N-dealkylation sites (tertiary alicyclic amines) is 2. The molecule has 3 heterocycles. The standard InChI is InChI=1S/C16H26N4O2/c1-11(2)16-17-15(18-22-16)10-19-8-4-6-13(19)14-7-5-9-20(14)12(3)21/h11,13-14H,4-10H2,1-3H3/t13-,14+/m1/s1. The Hall–Kier alpha value is -1.43. The molecule has 22 heavy (non-hydrogen) atoms. The Morgan fingerprint density at radius 2 is 2.00 bits per heavy atom. The maximum Gasteiger partial charge on any atom is 0.229 e. The van der Waals surface area contributed by atoms with Crippen molar-refractivity contribution in [1.82, 2.24) is 19.9 Å². The predicted molar refractivity (Wildman–Crippen MR) is 82.2 cm³/mol. The molecule has 2 aliphatic heterocycles. The number of amides is 1. The molecule has 0 saturated carbocycles. The lowest BCUT2D eigenvalue weighted by atomic mass is 10.0. The van der Waals surface area contributed by atoms with E-state index in [-0.39, 0.29) is 11.8 Å². The largest absolute Gasteiger partial charge is 0.339 e. The fraction of sp³-hybridized carbons (Fsp3) is 0.812. The Labute approximate surface area is 131 Å². The molecular weight excluding hydrogens is 280 g/mol. The van der Waals surface area contributed by atoms with Gasteiger partial charge in [0, 0.05) is 31.5 Å². The third kappa shape index (κ3) is 3.02. The van der Waals surface area contributed by atoms with Gasteiger partial charge in [-0.15, -0.1) is 0 Å². The number of aromatic nitrogens is 2. The molecule has 2 aliphatic rings. The van der Waals surface area contributed by atoms with E-state index in [9.17, 15) is 4.79 Å². The molecule has 0 radical (unpaired) electrons. The predicted octanol–water partition coefficient (Wildman–Crippen LogP) is 2.17. The zero-order valence-electron chi connectivity index (χ0n) is 13.8. The summed E-state index contributed by atoms with van der Waals surface area (Å²) < 4.78 is 5.30. The molecule has 0 N–H and O–H groups in total. The van der Waals surface area contributed by atoms with Crippen LogP contribution < -0.4 is 0 Å². The third-order valence-electron chi connectivity index (χ3n) is 4.88. The number of rotatable bonds is 4. The van der Waals surface area contributed by atoms with Crippen LogP contribution in [0.1, 0.15) is 64.1 Å². The summed E-state index contributed by atoms with van der Waals surface area (Å²) in [6.07, 6.45) is 4.57. The van der Waals surface area contributed by atoms with Gasteiger partial charge >= 0.3 is 0 Å². The van der Waals surface area contributed by atoms with Gasteiger partial charge in [-0.3, -0.25) is 9.69 Å². The van der Waals surface area contributed by atoms with Crippen molar-refractivity contribution in [3.63, 3.8) is 0 Å². The highest BCUT2D eigenvalue weighted by Crippen LogP contribution is 2.30. The van der Waals surface area contributed by atoms with E-state index in [1.54, 1.807) is 6.92 Å². The summed E-state index contributed by atoms with van der Waals surface area (Å²) in [5.41, 5.74) is 0. The first-order valence-electron chi connectivity index (χ1n) is 8.40. The minimum absolute atomic E-state index is 0.205. The van der Waals surface area contributed by atoms with Crippen molar-refractivity contribution in [3.8, 4) is 0 Å². The Kier molecular flexibility index (Phi) is 4.47. The van der Waals surface area contributed by atoms with Crippen LogP contribution in [0.4, 0.5) is 0 Å². The van der Waals surface area contributed by atoms with Crippen molar-refractivity contribution in [3.05, 3.63) is 11.7 Å². The topological polar surface area (TPSA) is 62.5 Å². The zero-order valence-corrected chi connectivity index (χ0v) is 13.8. The van der Waals surface area contributed by atoms with Crippen LogP contribution in [0, 0.1) is 0 Å². The summed E-state index contributed by atoms with van der Waals surface area (Å²) in [5, 5.41) is 4.11. The molecule has 0 aromatic carbocycles. The SMILES string of the molecule is CC(=O)N1CCC[C@H]1[C@H]1CCCN1Cc1noc(C(C)C)n1. The van der Waals surface area contributed by atoms with E-state index in [1.807, 2.05) is 0 Å². The highest BCUT2D eigenvalue weighted by Gasteiger charge is 2.39. The summed E-state index contributed by atoms with van der Waals surface area (Å²) >= 11 is 0.